The molecule has 0 radical (unpaired) electrons. The van der Waals surface area contributed by atoms with Gasteiger partial charge in [0.15, 0.2) is 0 Å². The van der Waals surface area contributed by atoms with Crippen molar-refractivity contribution in [3.63, 3.8) is 0 Å². The first-order valence-corrected chi connectivity index (χ1v) is 9.26. The number of benzene rings is 1. The van der Waals surface area contributed by atoms with Crippen molar-refractivity contribution in [2.45, 2.75) is 38.1 Å². The molecule has 0 aliphatic carbocycles. The highest BCUT2D eigenvalue weighted by molar-refractivity contribution is 5.62. The van der Waals surface area contributed by atoms with Gasteiger partial charge in [-0.15, -0.1) is 0 Å². The lowest BCUT2D eigenvalue weighted by Gasteiger charge is -2.27. The fourth-order valence-corrected chi connectivity index (χ4v) is 4.31. The molecule has 1 aromatic carbocycles. The van der Waals surface area contributed by atoms with E-state index < -0.39 is 0 Å². The molecule has 3 nitrogen and oxygen atoms in total. The molecule has 0 bridgehead atoms. The second-order valence-electron chi connectivity index (χ2n) is 7.23. The summed E-state index contributed by atoms with van der Waals surface area (Å²) < 4.78 is 5.91. The van der Waals surface area contributed by atoms with Crippen molar-refractivity contribution in [2.75, 3.05) is 39.3 Å². The molecule has 4 rings (SSSR count). The predicted octanol–water partition coefficient (Wildman–Crippen LogP) is 3.41. The summed E-state index contributed by atoms with van der Waals surface area (Å²) in [5, 5.41) is 0. The van der Waals surface area contributed by atoms with E-state index in [2.05, 4.69) is 34.1 Å². The molecule has 124 valence electrons. The van der Waals surface area contributed by atoms with Crippen LogP contribution in [0.5, 0.6) is 5.75 Å². The molecule has 0 unspecified atom stereocenters. The van der Waals surface area contributed by atoms with Crippen LogP contribution in [0.25, 0.3) is 6.08 Å². The Labute approximate surface area is 139 Å². The average Bonchev–Trinajstić information content (AvgIpc) is 3.02. The molecule has 1 atom stereocenters. The van der Waals surface area contributed by atoms with Crippen LogP contribution in [0, 0.1) is 0 Å². The van der Waals surface area contributed by atoms with Crippen LogP contribution in [-0.4, -0.2) is 55.2 Å². The summed E-state index contributed by atoms with van der Waals surface area (Å²) in [7, 11) is 0. The molecule has 0 amide bonds. The number of rotatable bonds is 3. The highest BCUT2D eigenvalue weighted by Crippen LogP contribution is 2.27. The first-order chi connectivity index (χ1) is 11.4. The lowest BCUT2D eigenvalue weighted by atomic mass is 10.1. The maximum Gasteiger partial charge on any atom is 0.127 e. The summed E-state index contributed by atoms with van der Waals surface area (Å²) in [5.41, 5.74) is 2.65. The Morgan fingerprint density at radius 3 is 2.74 bits per heavy atom. The number of fused-ring (bicyclic) bond motifs is 1. The average molecular weight is 312 g/mol. The number of ether oxygens (including phenoxy) is 1. The van der Waals surface area contributed by atoms with Crippen LogP contribution in [0.2, 0.25) is 0 Å². The summed E-state index contributed by atoms with van der Waals surface area (Å²) in [4.78, 5) is 5.38. The Bertz CT molecular complexity index is 563. The summed E-state index contributed by atoms with van der Waals surface area (Å²) >= 11 is 0. The summed E-state index contributed by atoms with van der Waals surface area (Å²) in [6.07, 6.45) is 9.21. The monoisotopic (exact) mass is 312 g/mol. The first kappa shape index (κ1) is 15.2. The van der Waals surface area contributed by atoms with Gasteiger partial charge in [0.05, 0.1) is 0 Å². The molecule has 3 aliphatic rings. The summed E-state index contributed by atoms with van der Waals surface area (Å²) in [6, 6.07) is 9.19. The van der Waals surface area contributed by atoms with Gasteiger partial charge in [0.2, 0.25) is 0 Å². The van der Waals surface area contributed by atoms with Gasteiger partial charge in [-0.1, -0.05) is 18.2 Å². The van der Waals surface area contributed by atoms with Gasteiger partial charge in [0.25, 0.3) is 0 Å². The molecule has 0 saturated carbocycles. The van der Waals surface area contributed by atoms with Crippen molar-refractivity contribution >= 4 is 6.08 Å². The van der Waals surface area contributed by atoms with E-state index in [-0.39, 0.29) is 0 Å². The van der Waals surface area contributed by atoms with Crippen molar-refractivity contribution in [3.05, 3.63) is 35.4 Å². The molecular formula is C20H28N2O. The Kier molecular flexibility index (Phi) is 4.67. The predicted molar refractivity (Wildman–Crippen MR) is 94.8 cm³/mol. The lowest BCUT2D eigenvalue weighted by molar-refractivity contribution is 0.216. The van der Waals surface area contributed by atoms with Gasteiger partial charge in [0.1, 0.15) is 12.4 Å². The largest absolute Gasteiger partial charge is 0.489 e. The van der Waals surface area contributed by atoms with Crippen molar-refractivity contribution in [1.82, 2.24) is 9.80 Å². The van der Waals surface area contributed by atoms with Gasteiger partial charge < -0.3 is 9.64 Å². The van der Waals surface area contributed by atoms with E-state index in [0.29, 0.717) is 0 Å². The van der Waals surface area contributed by atoms with E-state index in [1.165, 1.54) is 69.4 Å². The van der Waals surface area contributed by atoms with Crippen LogP contribution >= 0.6 is 0 Å². The van der Waals surface area contributed by atoms with E-state index >= 15 is 0 Å². The quantitative estimate of drug-likeness (QED) is 0.850. The molecule has 2 saturated heterocycles. The molecule has 3 heteroatoms. The van der Waals surface area contributed by atoms with Crippen LogP contribution in [0.3, 0.4) is 0 Å². The molecule has 1 aromatic rings. The smallest absolute Gasteiger partial charge is 0.127 e. The van der Waals surface area contributed by atoms with Crippen LogP contribution in [0.1, 0.15) is 37.7 Å². The van der Waals surface area contributed by atoms with E-state index in [9.17, 15) is 0 Å². The highest BCUT2D eigenvalue weighted by atomic mass is 16.5. The Morgan fingerprint density at radius 2 is 1.83 bits per heavy atom. The van der Waals surface area contributed by atoms with Crippen molar-refractivity contribution < 1.29 is 4.74 Å². The molecule has 0 spiro atoms. The lowest BCUT2D eigenvalue weighted by Crippen LogP contribution is -2.34. The topological polar surface area (TPSA) is 15.7 Å². The minimum absolute atomic E-state index is 0.753. The number of para-hydroxylation sites is 1. The Balaban J connectivity index is 1.35. The minimum Gasteiger partial charge on any atom is -0.489 e. The number of hydrogen-bond donors (Lipinski definition) is 0. The second-order valence-corrected chi connectivity index (χ2v) is 7.23. The van der Waals surface area contributed by atoms with Gasteiger partial charge in [0, 0.05) is 18.2 Å². The third kappa shape index (κ3) is 3.61. The maximum atomic E-state index is 5.91. The normalized spacial score (nSPS) is 26.3. The SMILES string of the molecule is C1=C(CN2CCC[C@H](N3CCCC3)CC2)COc2ccccc21. The molecular weight excluding hydrogens is 284 g/mol. The number of nitrogens with zero attached hydrogens (tertiary/aromatic N) is 2. The first-order valence-electron chi connectivity index (χ1n) is 9.26. The van der Waals surface area contributed by atoms with Crippen molar-refractivity contribution in [1.29, 1.82) is 0 Å². The summed E-state index contributed by atoms with van der Waals surface area (Å²) in [6.45, 7) is 6.97. The highest BCUT2D eigenvalue weighted by Gasteiger charge is 2.25. The third-order valence-electron chi connectivity index (χ3n) is 5.57. The molecule has 0 aromatic heterocycles. The van der Waals surface area contributed by atoms with Gasteiger partial charge in [-0.3, -0.25) is 4.90 Å². The molecule has 2 fully saturated rings. The zero-order valence-electron chi connectivity index (χ0n) is 14.0. The molecule has 3 aliphatic heterocycles. The van der Waals surface area contributed by atoms with Gasteiger partial charge >= 0.3 is 0 Å². The van der Waals surface area contributed by atoms with Gasteiger partial charge in [-0.05, 0) is 76.0 Å². The van der Waals surface area contributed by atoms with E-state index in [1.807, 2.05) is 6.07 Å². The van der Waals surface area contributed by atoms with Crippen LogP contribution in [0.15, 0.2) is 29.8 Å². The zero-order valence-corrected chi connectivity index (χ0v) is 14.0. The van der Waals surface area contributed by atoms with E-state index in [0.717, 1.165) is 24.9 Å². The van der Waals surface area contributed by atoms with Gasteiger partial charge in [-0.2, -0.15) is 0 Å². The summed E-state index contributed by atoms with van der Waals surface area (Å²) in [5.74, 6) is 1.03. The van der Waals surface area contributed by atoms with Crippen LogP contribution in [-0.2, 0) is 0 Å². The van der Waals surface area contributed by atoms with Crippen LogP contribution < -0.4 is 4.74 Å². The Hall–Kier alpha value is -1.32. The van der Waals surface area contributed by atoms with Crippen molar-refractivity contribution in [3.8, 4) is 5.75 Å². The number of hydrogen-bond acceptors (Lipinski definition) is 3. The molecule has 23 heavy (non-hydrogen) atoms. The minimum atomic E-state index is 0.753. The van der Waals surface area contributed by atoms with Crippen LogP contribution in [0.4, 0.5) is 0 Å². The standard InChI is InChI=1S/C20H28N2O/c1-2-8-20-18(6-1)14-17(16-23-20)15-21-10-5-7-19(9-13-21)22-11-3-4-12-22/h1-2,6,8,14,19H,3-5,7,9-13,15-16H2/t19-/m0/s1. The van der Waals surface area contributed by atoms with Crippen molar-refractivity contribution in [2.24, 2.45) is 0 Å². The zero-order chi connectivity index (χ0) is 15.5. The third-order valence-corrected chi connectivity index (χ3v) is 5.57. The van der Waals surface area contributed by atoms with E-state index in [1.54, 1.807) is 0 Å². The van der Waals surface area contributed by atoms with Gasteiger partial charge in [-0.25, -0.2) is 0 Å². The van der Waals surface area contributed by atoms with E-state index in [4.69, 9.17) is 4.74 Å². The molecule has 3 heterocycles. The fourth-order valence-electron chi connectivity index (χ4n) is 4.31. The maximum absolute atomic E-state index is 5.91. The molecule has 0 N–H and O–H groups in total. The Morgan fingerprint density at radius 1 is 0.957 bits per heavy atom. The second kappa shape index (κ2) is 7.06. The number of likely N-dealkylation sites (tertiary alicyclic amines) is 2. The fraction of sp³-hybridized carbons (Fsp3) is 0.600.